The van der Waals surface area contributed by atoms with E-state index in [1.165, 1.54) is 0 Å². The van der Waals surface area contributed by atoms with Crippen molar-refractivity contribution in [2.75, 3.05) is 19.8 Å². The molecule has 1 aliphatic rings. The number of carbonyl (C=O) groups excluding carboxylic acids is 2. The molecule has 1 heterocycles. The first-order valence-electron chi connectivity index (χ1n) is 5.95. The van der Waals surface area contributed by atoms with E-state index in [2.05, 4.69) is 0 Å². The van der Waals surface area contributed by atoms with Crippen LogP contribution in [0.5, 0.6) is 0 Å². The van der Waals surface area contributed by atoms with Crippen molar-refractivity contribution in [3.05, 3.63) is 0 Å². The number of Topliss-reactive ketones (excluding diaryl/α,β-unsaturated/α-hetero) is 1. The van der Waals surface area contributed by atoms with Crippen molar-refractivity contribution in [2.24, 2.45) is 5.41 Å². The highest BCUT2D eigenvalue weighted by Crippen LogP contribution is 2.34. The predicted molar refractivity (Wildman–Crippen MR) is 59.0 cm³/mol. The molecule has 16 heavy (non-hydrogen) atoms. The molecule has 0 aliphatic carbocycles. The zero-order valence-corrected chi connectivity index (χ0v) is 10.1. The summed E-state index contributed by atoms with van der Waals surface area (Å²) in [7, 11) is 0. The van der Waals surface area contributed by atoms with E-state index in [0.717, 1.165) is 6.42 Å². The van der Waals surface area contributed by atoms with Crippen LogP contribution in [0.1, 0.15) is 39.5 Å². The Morgan fingerprint density at radius 3 is 2.38 bits per heavy atom. The van der Waals surface area contributed by atoms with E-state index < -0.39 is 5.41 Å². The SMILES string of the molecule is CCCC(=O)C1(C(=O)OCC)CCOCC1. The normalized spacial score (nSPS) is 19.1. The Morgan fingerprint density at radius 2 is 1.88 bits per heavy atom. The maximum Gasteiger partial charge on any atom is 0.319 e. The molecule has 1 rings (SSSR count). The van der Waals surface area contributed by atoms with Crippen molar-refractivity contribution in [1.29, 1.82) is 0 Å². The van der Waals surface area contributed by atoms with Crippen molar-refractivity contribution in [2.45, 2.75) is 39.5 Å². The van der Waals surface area contributed by atoms with Crippen LogP contribution in [-0.2, 0) is 19.1 Å². The van der Waals surface area contributed by atoms with E-state index in [1.54, 1.807) is 6.92 Å². The summed E-state index contributed by atoms with van der Waals surface area (Å²) in [6, 6.07) is 0. The molecule has 0 amide bonds. The molecule has 0 radical (unpaired) electrons. The van der Waals surface area contributed by atoms with E-state index >= 15 is 0 Å². The van der Waals surface area contributed by atoms with Crippen LogP contribution < -0.4 is 0 Å². The summed E-state index contributed by atoms with van der Waals surface area (Å²) >= 11 is 0. The maximum absolute atomic E-state index is 12.1. The smallest absolute Gasteiger partial charge is 0.319 e. The first-order chi connectivity index (χ1) is 7.67. The average molecular weight is 228 g/mol. The molecule has 1 fully saturated rings. The van der Waals surface area contributed by atoms with Gasteiger partial charge in [-0.05, 0) is 26.2 Å². The number of carbonyl (C=O) groups is 2. The number of esters is 1. The van der Waals surface area contributed by atoms with E-state index in [9.17, 15) is 9.59 Å². The van der Waals surface area contributed by atoms with E-state index in [0.29, 0.717) is 39.1 Å². The Balaban J connectivity index is 2.82. The molecule has 0 aromatic carbocycles. The second-order valence-corrected chi connectivity index (χ2v) is 4.09. The van der Waals surface area contributed by atoms with Crippen molar-refractivity contribution in [3.63, 3.8) is 0 Å². The van der Waals surface area contributed by atoms with Crippen LogP contribution in [-0.4, -0.2) is 31.6 Å². The van der Waals surface area contributed by atoms with Crippen molar-refractivity contribution < 1.29 is 19.1 Å². The molecule has 92 valence electrons. The standard InChI is InChI=1S/C12H20O4/c1-3-5-10(13)12(11(14)16-4-2)6-8-15-9-7-12/h3-9H2,1-2H3. The zero-order chi connectivity index (χ0) is 12.0. The molecular formula is C12H20O4. The summed E-state index contributed by atoms with van der Waals surface area (Å²) in [5.74, 6) is -0.353. The monoisotopic (exact) mass is 228 g/mol. The van der Waals surface area contributed by atoms with Crippen LogP contribution in [0.15, 0.2) is 0 Å². The van der Waals surface area contributed by atoms with Crippen LogP contribution in [0.3, 0.4) is 0 Å². The van der Waals surface area contributed by atoms with Crippen LogP contribution in [0.2, 0.25) is 0 Å². The van der Waals surface area contributed by atoms with Gasteiger partial charge in [0.25, 0.3) is 0 Å². The minimum Gasteiger partial charge on any atom is -0.465 e. The minimum atomic E-state index is -0.926. The molecule has 0 unspecified atom stereocenters. The maximum atomic E-state index is 12.1. The number of ether oxygens (including phenoxy) is 2. The molecular weight excluding hydrogens is 208 g/mol. The van der Waals surface area contributed by atoms with Gasteiger partial charge in [0.05, 0.1) is 6.61 Å². The summed E-state index contributed by atoms with van der Waals surface area (Å²) in [6.07, 6.45) is 2.13. The summed E-state index contributed by atoms with van der Waals surface area (Å²) in [6.45, 7) is 4.95. The second-order valence-electron chi connectivity index (χ2n) is 4.09. The third-order valence-electron chi connectivity index (χ3n) is 3.02. The van der Waals surface area contributed by atoms with Gasteiger partial charge < -0.3 is 9.47 Å². The Hall–Kier alpha value is -0.900. The quantitative estimate of drug-likeness (QED) is 0.531. The number of ketones is 1. The lowest BCUT2D eigenvalue weighted by Gasteiger charge is -2.33. The van der Waals surface area contributed by atoms with Gasteiger partial charge in [-0.25, -0.2) is 0 Å². The third kappa shape index (κ3) is 2.61. The summed E-state index contributed by atoms with van der Waals surface area (Å²) < 4.78 is 10.3. The average Bonchev–Trinajstić information content (AvgIpc) is 2.30. The van der Waals surface area contributed by atoms with Gasteiger partial charge in [0.1, 0.15) is 11.2 Å². The predicted octanol–water partition coefficient (Wildman–Crippen LogP) is 1.72. The van der Waals surface area contributed by atoms with Gasteiger partial charge in [-0.15, -0.1) is 0 Å². The fourth-order valence-corrected chi connectivity index (χ4v) is 2.05. The minimum absolute atomic E-state index is 0.0109. The van der Waals surface area contributed by atoms with Gasteiger partial charge in [0.2, 0.25) is 0 Å². The van der Waals surface area contributed by atoms with Gasteiger partial charge in [0, 0.05) is 19.6 Å². The highest BCUT2D eigenvalue weighted by molar-refractivity contribution is 6.03. The number of rotatable bonds is 5. The molecule has 0 bridgehead atoms. The number of hydrogen-bond acceptors (Lipinski definition) is 4. The molecule has 1 saturated heterocycles. The molecule has 0 aromatic heterocycles. The number of hydrogen-bond donors (Lipinski definition) is 0. The van der Waals surface area contributed by atoms with Crippen molar-refractivity contribution in [1.82, 2.24) is 0 Å². The molecule has 4 heteroatoms. The Morgan fingerprint density at radius 1 is 1.25 bits per heavy atom. The Kier molecular flexibility index (Phi) is 4.93. The van der Waals surface area contributed by atoms with E-state index in [4.69, 9.17) is 9.47 Å². The molecule has 0 saturated carbocycles. The summed E-state index contributed by atoms with van der Waals surface area (Å²) in [4.78, 5) is 24.0. The van der Waals surface area contributed by atoms with Gasteiger partial charge in [0.15, 0.2) is 0 Å². The van der Waals surface area contributed by atoms with Crippen molar-refractivity contribution in [3.8, 4) is 0 Å². The van der Waals surface area contributed by atoms with E-state index in [1.807, 2.05) is 6.92 Å². The topological polar surface area (TPSA) is 52.6 Å². The first kappa shape index (κ1) is 13.2. The van der Waals surface area contributed by atoms with Gasteiger partial charge in [-0.3, -0.25) is 9.59 Å². The fraction of sp³-hybridized carbons (Fsp3) is 0.833. The van der Waals surface area contributed by atoms with Crippen LogP contribution in [0.4, 0.5) is 0 Å². The zero-order valence-electron chi connectivity index (χ0n) is 10.1. The molecule has 0 spiro atoms. The fourth-order valence-electron chi connectivity index (χ4n) is 2.05. The molecule has 4 nitrogen and oxygen atoms in total. The van der Waals surface area contributed by atoms with E-state index in [-0.39, 0.29) is 11.8 Å². The Bertz CT molecular complexity index is 234. The molecule has 0 aromatic rings. The van der Waals surface area contributed by atoms with Crippen LogP contribution in [0, 0.1) is 5.41 Å². The van der Waals surface area contributed by atoms with Gasteiger partial charge in [-0.1, -0.05) is 6.92 Å². The molecule has 0 N–H and O–H groups in total. The molecule has 0 atom stereocenters. The van der Waals surface area contributed by atoms with Crippen LogP contribution >= 0.6 is 0 Å². The largest absolute Gasteiger partial charge is 0.465 e. The lowest BCUT2D eigenvalue weighted by molar-refractivity contribution is -0.166. The van der Waals surface area contributed by atoms with Crippen molar-refractivity contribution >= 4 is 11.8 Å². The summed E-state index contributed by atoms with van der Waals surface area (Å²) in [5.41, 5.74) is -0.926. The highest BCUT2D eigenvalue weighted by atomic mass is 16.5. The summed E-state index contributed by atoms with van der Waals surface area (Å²) in [5, 5.41) is 0. The molecule has 1 aliphatic heterocycles. The van der Waals surface area contributed by atoms with Crippen LogP contribution in [0.25, 0.3) is 0 Å². The van der Waals surface area contributed by atoms with Gasteiger partial charge in [-0.2, -0.15) is 0 Å². The lowest BCUT2D eigenvalue weighted by Crippen LogP contribution is -2.45. The third-order valence-corrected chi connectivity index (χ3v) is 3.02. The van der Waals surface area contributed by atoms with Gasteiger partial charge >= 0.3 is 5.97 Å². The second kappa shape index (κ2) is 5.99. The Labute approximate surface area is 96.3 Å². The highest BCUT2D eigenvalue weighted by Gasteiger charge is 2.47. The lowest BCUT2D eigenvalue weighted by atomic mass is 9.75. The first-order valence-corrected chi connectivity index (χ1v) is 5.95.